The number of halogens is 4. The molecular formula is C27H33ClF3N3O4S. The van der Waals surface area contributed by atoms with Gasteiger partial charge in [-0.15, -0.1) is 0 Å². The molecule has 2 aromatic rings. The van der Waals surface area contributed by atoms with Crippen LogP contribution in [0.1, 0.15) is 46.8 Å². The van der Waals surface area contributed by atoms with Gasteiger partial charge in [-0.2, -0.15) is 13.2 Å². The highest BCUT2D eigenvalue weighted by Gasteiger charge is 2.32. The average Bonchev–Trinajstić information content (AvgIpc) is 2.92. The van der Waals surface area contributed by atoms with Crippen LogP contribution >= 0.6 is 11.6 Å². The van der Waals surface area contributed by atoms with E-state index in [4.69, 9.17) is 16.3 Å². The zero-order chi connectivity index (χ0) is 28.2. The van der Waals surface area contributed by atoms with Crippen LogP contribution in [0.5, 0.6) is 0 Å². The zero-order valence-electron chi connectivity index (χ0n) is 21.8. The molecule has 2 saturated heterocycles. The molecule has 2 fully saturated rings. The number of alkyl halides is 3. The number of sulfone groups is 1. The first kappa shape index (κ1) is 29.8. The molecule has 2 aliphatic heterocycles. The lowest BCUT2D eigenvalue weighted by atomic mass is 10.0. The number of ether oxygens (including phenoxy) is 1. The summed E-state index contributed by atoms with van der Waals surface area (Å²) in [6, 6.07) is 8.11. The molecule has 2 aliphatic rings. The minimum Gasteiger partial charge on any atom is -0.381 e. The molecule has 0 aromatic heterocycles. The van der Waals surface area contributed by atoms with Crippen LogP contribution in [0.25, 0.3) is 0 Å². The van der Waals surface area contributed by atoms with Crippen molar-refractivity contribution in [1.82, 2.24) is 15.1 Å². The smallest absolute Gasteiger partial charge is 0.381 e. The molecular weight excluding hydrogens is 555 g/mol. The minimum atomic E-state index is -4.62. The molecule has 0 aliphatic carbocycles. The molecule has 0 saturated carbocycles. The van der Waals surface area contributed by atoms with Crippen molar-refractivity contribution in [2.75, 3.05) is 45.1 Å². The third-order valence-electron chi connectivity index (χ3n) is 7.28. The summed E-state index contributed by atoms with van der Waals surface area (Å²) in [6.45, 7) is 6.21. The molecule has 0 bridgehead atoms. The maximum absolute atomic E-state index is 13.7. The summed E-state index contributed by atoms with van der Waals surface area (Å²) in [4.78, 5) is 17.5. The summed E-state index contributed by atoms with van der Waals surface area (Å²) in [5.74, 6) is -0.873. The van der Waals surface area contributed by atoms with Gasteiger partial charge in [0.2, 0.25) is 0 Å². The van der Waals surface area contributed by atoms with E-state index in [0.29, 0.717) is 18.2 Å². The van der Waals surface area contributed by atoms with E-state index in [0.717, 1.165) is 64.4 Å². The molecule has 0 unspecified atom stereocenters. The molecule has 1 N–H and O–H groups in total. The molecule has 0 radical (unpaired) electrons. The van der Waals surface area contributed by atoms with Gasteiger partial charge < -0.3 is 10.1 Å². The Bertz CT molecular complexity index is 1280. The lowest BCUT2D eigenvalue weighted by molar-refractivity contribution is -0.137. The largest absolute Gasteiger partial charge is 0.416 e. The molecule has 0 spiro atoms. The fraction of sp³-hybridized carbons (Fsp3) is 0.519. The highest BCUT2D eigenvalue weighted by Crippen LogP contribution is 2.31. The van der Waals surface area contributed by atoms with E-state index < -0.39 is 27.5 Å². The summed E-state index contributed by atoms with van der Waals surface area (Å²) in [6.07, 6.45) is -2.64. The van der Waals surface area contributed by atoms with Crippen molar-refractivity contribution in [1.29, 1.82) is 0 Å². The third kappa shape index (κ3) is 7.73. The van der Waals surface area contributed by atoms with E-state index in [9.17, 15) is 26.4 Å². The van der Waals surface area contributed by atoms with Gasteiger partial charge in [-0.05, 0) is 60.4 Å². The van der Waals surface area contributed by atoms with E-state index in [1.807, 2.05) is 0 Å². The summed E-state index contributed by atoms with van der Waals surface area (Å²) in [7, 11) is -3.59. The maximum Gasteiger partial charge on any atom is 0.416 e. The standard InChI is InChI=1S/C27H33ClF3N3O4S/c1-2-39(36,37)25-4-3-23(28)16-21(25)17-32-26(35)20-13-19(14-22(15-20)27(29,30)31)18-33-7-9-34(10-8-33)24-5-11-38-12-6-24/h3-4,13-16,24H,2,5-12,17-18H2,1H3,(H,32,35). The molecule has 7 nitrogen and oxygen atoms in total. The van der Waals surface area contributed by atoms with Crippen molar-refractivity contribution >= 4 is 27.3 Å². The molecule has 214 valence electrons. The molecule has 4 rings (SSSR count). The van der Waals surface area contributed by atoms with Crippen LogP contribution < -0.4 is 5.32 Å². The van der Waals surface area contributed by atoms with Crippen molar-refractivity contribution in [2.24, 2.45) is 0 Å². The van der Waals surface area contributed by atoms with Gasteiger partial charge in [-0.1, -0.05) is 18.5 Å². The van der Waals surface area contributed by atoms with Gasteiger partial charge in [0.05, 0.1) is 16.2 Å². The first-order chi connectivity index (χ1) is 18.5. The topological polar surface area (TPSA) is 79.0 Å². The Kier molecular flexibility index (Phi) is 9.59. The lowest BCUT2D eigenvalue weighted by Crippen LogP contribution is -2.51. The second kappa shape index (κ2) is 12.6. The van der Waals surface area contributed by atoms with Crippen molar-refractivity contribution in [3.63, 3.8) is 0 Å². The van der Waals surface area contributed by atoms with Crippen LogP contribution in [0.4, 0.5) is 13.2 Å². The van der Waals surface area contributed by atoms with Crippen molar-refractivity contribution in [3.05, 3.63) is 63.7 Å². The molecule has 2 aromatic carbocycles. The average molecular weight is 588 g/mol. The van der Waals surface area contributed by atoms with Gasteiger partial charge in [0.1, 0.15) is 0 Å². The molecule has 1 amide bonds. The number of hydrogen-bond acceptors (Lipinski definition) is 6. The van der Waals surface area contributed by atoms with Crippen LogP contribution in [-0.2, 0) is 33.8 Å². The summed E-state index contributed by atoms with van der Waals surface area (Å²) in [5, 5.41) is 2.86. The van der Waals surface area contributed by atoms with Crippen LogP contribution in [0.3, 0.4) is 0 Å². The fourth-order valence-electron chi connectivity index (χ4n) is 5.10. The van der Waals surface area contributed by atoms with E-state index >= 15 is 0 Å². The first-order valence-corrected chi connectivity index (χ1v) is 15.0. The summed E-state index contributed by atoms with van der Waals surface area (Å²) >= 11 is 6.03. The Morgan fingerprint density at radius 3 is 2.41 bits per heavy atom. The van der Waals surface area contributed by atoms with Gasteiger partial charge in [-0.3, -0.25) is 14.6 Å². The van der Waals surface area contributed by atoms with E-state index in [2.05, 4.69) is 15.1 Å². The first-order valence-electron chi connectivity index (χ1n) is 13.0. The number of hydrogen-bond donors (Lipinski definition) is 1. The number of amides is 1. The monoisotopic (exact) mass is 587 g/mol. The lowest BCUT2D eigenvalue weighted by Gasteiger charge is -2.40. The zero-order valence-corrected chi connectivity index (χ0v) is 23.3. The predicted molar refractivity (Wildman–Crippen MR) is 142 cm³/mol. The van der Waals surface area contributed by atoms with Crippen molar-refractivity contribution in [3.8, 4) is 0 Å². The maximum atomic E-state index is 13.7. The molecule has 2 heterocycles. The highest BCUT2D eigenvalue weighted by molar-refractivity contribution is 7.91. The number of carbonyl (C=O) groups is 1. The van der Waals surface area contributed by atoms with Crippen LogP contribution in [0.2, 0.25) is 5.02 Å². The van der Waals surface area contributed by atoms with Crippen LogP contribution in [-0.4, -0.2) is 75.3 Å². The third-order valence-corrected chi connectivity index (χ3v) is 9.34. The number of benzene rings is 2. The van der Waals surface area contributed by atoms with Gasteiger partial charge in [0.25, 0.3) is 5.91 Å². The number of nitrogens with one attached hydrogen (secondary N) is 1. The Morgan fingerprint density at radius 1 is 1.08 bits per heavy atom. The SMILES string of the molecule is CCS(=O)(=O)c1ccc(Cl)cc1CNC(=O)c1cc(CN2CCN(C3CCOCC3)CC2)cc(C(F)(F)F)c1. The van der Waals surface area contributed by atoms with Gasteiger partial charge in [0, 0.05) is 69.1 Å². The molecule has 12 heteroatoms. The number of carbonyl (C=O) groups excluding carboxylic acids is 1. The number of piperazine rings is 1. The Hall–Kier alpha value is -2.18. The second-order valence-electron chi connectivity index (χ2n) is 9.91. The normalized spacial score (nSPS) is 18.3. The van der Waals surface area contributed by atoms with Gasteiger partial charge >= 0.3 is 6.18 Å². The molecule has 39 heavy (non-hydrogen) atoms. The fourth-order valence-corrected chi connectivity index (χ4v) is 6.41. The Labute approximate surface area is 232 Å². The highest BCUT2D eigenvalue weighted by atomic mass is 35.5. The number of nitrogens with zero attached hydrogens (tertiary/aromatic N) is 2. The minimum absolute atomic E-state index is 0.0272. The van der Waals surface area contributed by atoms with Crippen LogP contribution in [0, 0.1) is 0 Å². The van der Waals surface area contributed by atoms with E-state index in [1.165, 1.54) is 31.2 Å². The van der Waals surface area contributed by atoms with E-state index in [-0.39, 0.29) is 33.3 Å². The van der Waals surface area contributed by atoms with E-state index in [1.54, 1.807) is 0 Å². The van der Waals surface area contributed by atoms with Crippen molar-refractivity contribution in [2.45, 2.75) is 50.0 Å². The van der Waals surface area contributed by atoms with Crippen molar-refractivity contribution < 1.29 is 31.1 Å². The van der Waals surface area contributed by atoms with Gasteiger partial charge in [-0.25, -0.2) is 8.42 Å². The summed E-state index contributed by atoms with van der Waals surface area (Å²) in [5.41, 5.74) is -0.371. The number of rotatable bonds is 8. The summed E-state index contributed by atoms with van der Waals surface area (Å²) < 4.78 is 71.5. The Morgan fingerprint density at radius 2 is 1.77 bits per heavy atom. The second-order valence-corrected chi connectivity index (χ2v) is 12.6. The van der Waals surface area contributed by atoms with Gasteiger partial charge in [0.15, 0.2) is 9.84 Å². The molecule has 0 atom stereocenters. The van der Waals surface area contributed by atoms with Crippen LogP contribution in [0.15, 0.2) is 41.3 Å². The Balaban J connectivity index is 1.47. The quantitative estimate of drug-likeness (QED) is 0.494. The predicted octanol–water partition coefficient (Wildman–Crippen LogP) is 4.38.